The van der Waals surface area contributed by atoms with Crippen LogP contribution in [-0.2, 0) is 4.74 Å². The third-order valence-electron chi connectivity index (χ3n) is 4.21. The Morgan fingerprint density at radius 3 is 2.53 bits per heavy atom. The molecule has 1 saturated carbocycles. The van der Waals surface area contributed by atoms with Gasteiger partial charge in [0.05, 0.1) is 0 Å². The van der Waals surface area contributed by atoms with Gasteiger partial charge >= 0.3 is 6.09 Å². The van der Waals surface area contributed by atoms with Crippen molar-refractivity contribution in [3.05, 3.63) is 0 Å². The van der Waals surface area contributed by atoms with Crippen molar-refractivity contribution in [2.45, 2.75) is 52.1 Å². The maximum absolute atomic E-state index is 12.1. The summed E-state index contributed by atoms with van der Waals surface area (Å²) in [6.07, 6.45) is 4.77. The summed E-state index contributed by atoms with van der Waals surface area (Å²) >= 11 is 0. The second kappa shape index (κ2) is 5.70. The molecule has 110 valence electrons. The van der Waals surface area contributed by atoms with Gasteiger partial charge in [0, 0.05) is 13.1 Å². The van der Waals surface area contributed by atoms with Crippen molar-refractivity contribution in [3.8, 4) is 0 Å². The fourth-order valence-corrected chi connectivity index (χ4v) is 3.15. The standard InChI is InChI=1S/C15H28N2O2/c1-15(2,3)19-14(18)17-8-4-5-12(10-17)13(9-16)11-6-7-11/h11-13H,4-10,16H2,1-3H3. The van der Waals surface area contributed by atoms with Crippen molar-refractivity contribution in [3.63, 3.8) is 0 Å². The van der Waals surface area contributed by atoms with Crippen LogP contribution in [0.15, 0.2) is 0 Å². The quantitative estimate of drug-likeness (QED) is 0.856. The van der Waals surface area contributed by atoms with Gasteiger partial charge in [-0.2, -0.15) is 0 Å². The van der Waals surface area contributed by atoms with Crippen molar-refractivity contribution in [2.24, 2.45) is 23.5 Å². The van der Waals surface area contributed by atoms with Crippen LogP contribution < -0.4 is 5.73 Å². The lowest BCUT2D eigenvalue weighted by Crippen LogP contribution is -2.45. The zero-order chi connectivity index (χ0) is 14.0. The van der Waals surface area contributed by atoms with E-state index < -0.39 is 5.60 Å². The molecule has 0 radical (unpaired) electrons. The molecule has 2 atom stereocenters. The molecule has 1 saturated heterocycles. The van der Waals surface area contributed by atoms with Gasteiger partial charge in [0.25, 0.3) is 0 Å². The summed E-state index contributed by atoms with van der Waals surface area (Å²) in [5, 5.41) is 0. The molecule has 2 unspecified atom stereocenters. The number of carbonyl (C=O) groups is 1. The SMILES string of the molecule is CC(C)(C)OC(=O)N1CCCC(C(CN)C2CC2)C1. The molecule has 1 aliphatic heterocycles. The van der Waals surface area contributed by atoms with Crippen molar-refractivity contribution >= 4 is 6.09 Å². The average Bonchev–Trinajstić information content (AvgIpc) is 3.13. The maximum Gasteiger partial charge on any atom is 0.410 e. The molecule has 0 aromatic carbocycles. The molecule has 0 bridgehead atoms. The molecule has 2 N–H and O–H groups in total. The van der Waals surface area contributed by atoms with Crippen molar-refractivity contribution < 1.29 is 9.53 Å². The van der Waals surface area contributed by atoms with Gasteiger partial charge in [-0.1, -0.05) is 0 Å². The number of carbonyl (C=O) groups excluding carboxylic acids is 1. The zero-order valence-corrected chi connectivity index (χ0v) is 12.5. The molecule has 4 nitrogen and oxygen atoms in total. The van der Waals surface area contributed by atoms with E-state index in [-0.39, 0.29) is 6.09 Å². The lowest BCUT2D eigenvalue weighted by atomic mass is 9.82. The predicted octanol–water partition coefficient (Wildman–Crippen LogP) is 2.62. The number of nitrogens with zero attached hydrogens (tertiary/aromatic N) is 1. The van der Waals surface area contributed by atoms with Crippen LogP contribution >= 0.6 is 0 Å². The first kappa shape index (κ1) is 14.6. The maximum atomic E-state index is 12.1. The zero-order valence-electron chi connectivity index (χ0n) is 12.5. The van der Waals surface area contributed by atoms with Crippen LogP contribution in [-0.4, -0.2) is 36.2 Å². The minimum Gasteiger partial charge on any atom is -0.444 e. The Kier molecular flexibility index (Phi) is 4.39. The number of nitrogens with two attached hydrogens (primary N) is 1. The predicted molar refractivity (Wildman–Crippen MR) is 75.8 cm³/mol. The number of amides is 1. The van der Waals surface area contributed by atoms with Crippen LogP contribution in [0.25, 0.3) is 0 Å². The highest BCUT2D eigenvalue weighted by atomic mass is 16.6. The smallest absolute Gasteiger partial charge is 0.410 e. The summed E-state index contributed by atoms with van der Waals surface area (Å²) in [4.78, 5) is 14.0. The van der Waals surface area contributed by atoms with E-state index in [9.17, 15) is 4.79 Å². The van der Waals surface area contributed by atoms with E-state index in [1.807, 2.05) is 25.7 Å². The Bertz CT molecular complexity index is 321. The van der Waals surface area contributed by atoms with E-state index in [0.717, 1.165) is 32.0 Å². The van der Waals surface area contributed by atoms with Crippen LogP contribution in [0.1, 0.15) is 46.5 Å². The molecule has 1 amide bonds. The van der Waals surface area contributed by atoms with E-state index in [0.29, 0.717) is 11.8 Å². The minimum atomic E-state index is -0.409. The molecule has 2 aliphatic rings. The third kappa shape index (κ3) is 4.10. The molecule has 0 spiro atoms. The van der Waals surface area contributed by atoms with Crippen LogP contribution in [0, 0.1) is 17.8 Å². The van der Waals surface area contributed by atoms with Gasteiger partial charge in [0.1, 0.15) is 5.60 Å². The summed E-state index contributed by atoms with van der Waals surface area (Å²) in [6.45, 7) is 8.16. The first-order chi connectivity index (χ1) is 8.90. The van der Waals surface area contributed by atoms with Crippen molar-refractivity contribution in [1.82, 2.24) is 4.90 Å². The Labute approximate surface area is 116 Å². The van der Waals surface area contributed by atoms with Crippen LogP contribution in [0.2, 0.25) is 0 Å². The fourth-order valence-electron chi connectivity index (χ4n) is 3.15. The van der Waals surface area contributed by atoms with Gasteiger partial charge in [-0.15, -0.1) is 0 Å². The summed E-state index contributed by atoms with van der Waals surface area (Å²) in [5.41, 5.74) is 5.52. The Morgan fingerprint density at radius 1 is 1.32 bits per heavy atom. The molecule has 1 aliphatic carbocycles. The molecular weight excluding hydrogens is 240 g/mol. The Hall–Kier alpha value is -0.770. The van der Waals surface area contributed by atoms with Crippen molar-refractivity contribution in [1.29, 1.82) is 0 Å². The second-order valence-electron chi connectivity index (χ2n) is 7.07. The summed E-state index contributed by atoms with van der Waals surface area (Å²) < 4.78 is 5.47. The number of hydrogen-bond donors (Lipinski definition) is 1. The molecule has 2 fully saturated rings. The van der Waals surface area contributed by atoms with Crippen LogP contribution in [0.4, 0.5) is 4.79 Å². The van der Waals surface area contributed by atoms with Gasteiger partial charge in [-0.25, -0.2) is 4.79 Å². The summed E-state index contributed by atoms with van der Waals surface area (Å²) in [5.74, 6) is 1.98. The average molecular weight is 268 g/mol. The lowest BCUT2D eigenvalue weighted by Gasteiger charge is -2.37. The number of ether oxygens (including phenoxy) is 1. The lowest BCUT2D eigenvalue weighted by molar-refractivity contribution is 0.0123. The van der Waals surface area contributed by atoms with E-state index in [4.69, 9.17) is 10.5 Å². The third-order valence-corrected chi connectivity index (χ3v) is 4.21. The topological polar surface area (TPSA) is 55.6 Å². The highest BCUT2D eigenvalue weighted by Gasteiger charge is 2.38. The number of rotatable bonds is 3. The van der Waals surface area contributed by atoms with Gasteiger partial charge in [-0.3, -0.25) is 0 Å². The summed E-state index contributed by atoms with van der Waals surface area (Å²) in [7, 11) is 0. The van der Waals surface area contributed by atoms with E-state index in [2.05, 4.69) is 0 Å². The largest absolute Gasteiger partial charge is 0.444 e. The van der Waals surface area contributed by atoms with Crippen LogP contribution in [0.5, 0.6) is 0 Å². The first-order valence-electron chi connectivity index (χ1n) is 7.58. The first-order valence-corrected chi connectivity index (χ1v) is 7.58. The van der Waals surface area contributed by atoms with Crippen LogP contribution in [0.3, 0.4) is 0 Å². The van der Waals surface area contributed by atoms with Gasteiger partial charge < -0.3 is 15.4 Å². The van der Waals surface area contributed by atoms with Crippen molar-refractivity contribution in [2.75, 3.05) is 19.6 Å². The number of hydrogen-bond acceptors (Lipinski definition) is 3. The Morgan fingerprint density at radius 2 is 2.00 bits per heavy atom. The highest BCUT2D eigenvalue weighted by Crippen LogP contribution is 2.42. The minimum absolute atomic E-state index is 0.163. The number of piperidine rings is 1. The molecule has 0 aromatic rings. The fraction of sp³-hybridized carbons (Fsp3) is 0.933. The number of likely N-dealkylation sites (tertiary alicyclic amines) is 1. The van der Waals surface area contributed by atoms with E-state index in [1.54, 1.807) is 0 Å². The Balaban J connectivity index is 1.91. The summed E-state index contributed by atoms with van der Waals surface area (Å²) in [6, 6.07) is 0. The molecular formula is C15H28N2O2. The molecule has 1 heterocycles. The highest BCUT2D eigenvalue weighted by molar-refractivity contribution is 5.68. The molecule has 2 rings (SSSR count). The van der Waals surface area contributed by atoms with Gasteiger partial charge in [-0.05, 0) is 70.8 Å². The van der Waals surface area contributed by atoms with Gasteiger partial charge in [0.2, 0.25) is 0 Å². The van der Waals surface area contributed by atoms with E-state index in [1.165, 1.54) is 19.3 Å². The van der Waals surface area contributed by atoms with E-state index >= 15 is 0 Å². The molecule has 0 aromatic heterocycles. The molecule has 4 heteroatoms. The van der Waals surface area contributed by atoms with Gasteiger partial charge in [0.15, 0.2) is 0 Å². The second-order valence-corrected chi connectivity index (χ2v) is 7.07. The molecule has 19 heavy (non-hydrogen) atoms. The normalized spacial score (nSPS) is 26.1. The monoisotopic (exact) mass is 268 g/mol.